The SMILES string of the molecule is CC(=O)Cc1c(Cl)cnn1C. The molecule has 0 atom stereocenters. The summed E-state index contributed by atoms with van der Waals surface area (Å²) in [6.45, 7) is 1.53. The van der Waals surface area contributed by atoms with E-state index in [-0.39, 0.29) is 5.78 Å². The van der Waals surface area contributed by atoms with Crippen molar-refractivity contribution in [3.63, 3.8) is 0 Å². The molecular formula is C7H9ClN2O. The number of halogens is 1. The van der Waals surface area contributed by atoms with E-state index < -0.39 is 0 Å². The molecule has 60 valence electrons. The lowest BCUT2D eigenvalue weighted by Gasteiger charge is -1.97. The third-order valence-electron chi connectivity index (χ3n) is 1.43. The van der Waals surface area contributed by atoms with Crippen LogP contribution in [0, 0.1) is 0 Å². The fraction of sp³-hybridized carbons (Fsp3) is 0.429. The van der Waals surface area contributed by atoms with Crippen LogP contribution in [0.5, 0.6) is 0 Å². The largest absolute Gasteiger partial charge is 0.300 e. The second kappa shape index (κ2) is 3.05. The molecule has 4 heteroatoms. The highest BCUT2D eigenvalue weighted by molar-refractivity contribution is 6.31. The van der Waals surface area contributed by atoms with E-state index in [1.165, 1.54) is 6.92 Å². The van der Waals surface area contributed by atoms with E-state index in [9.17, 15) is 4.79 Å². The molecule has 0 bridgehead atoms. The normalized spacial score (nSPS) is 10.1. The first-order valence-electron chi connectivity index (χ1n) is 3.27. The highest BCUT2D eigenvalue weighted by Crippen LogP contribution is 2.14. The summed E-state index contributed by atoms with van der Waals surface area (Å²) in [6, 6.07) is 0. The van der Waals surface area contributed by atoms with Gasteiger partial charge in [-0.15, -0.1) is 0 Å². The molecule has 0 aliphatic carbocycles. The highest BCUT2D eigenvalue weighted by atomic mass is 35.5. The molecule has 0 aliphatic heterocycles. The molecule has 0 aromatic carbocycles. The number of aryl methyl sites for hydroxylation is 1. The van der Waals surface area contributed by atoms with Crippen LogP contribution >= 0.6 is 11.6 Å². The van der Waals surface area contributed by atoms with Gasteiger partial charge >= 0.3 is 0 Å². The number of hydrogen-bond donors (Lipinski definition) is 0. The Morgan fingerprint density at radius 2 is 2.45 bits per heavy atom. The van der Waals surface area contributed by atoms with Gasteiger partial charge in [0.25, 0.3) is 0 Å². The molecule has 1 aromatic heterocycles. The Balaban J connectivity index is 2.92. The predicted octanol–water partition coefficient (Wildman–Crippen LogP) is 1.20. The summed E-state index contributed by atoms with van der Waals surface area (Å²) in [4.78, 5) is 10.7. The quantitative estimate of drug-likeness (QED) is 0.672. The van der Waals surface area contributed by atoms with Crippen LogP contribution in [-0.2, 0) is 18.3 Å². The molecule has 1 rings (SSSR count). The van der Waals surface area contributed by atoms with Crippen LogP contribution in [0.1, 0.15) is 12.6 Å². The maximum Gasteiger partial charge on any atom is 0.135 e. The van der Waals surface area contributed by atoms with E-state index in [2.05, 4.69) is 5.10 Å². The van der Waals surface area contributed by atoms with Crippen molar-refractivity contribution in [2.24, 2.45) is 7.05 Å². The molecule has 1 heterocycles. The molecule has 0 unspecified atom stereocenters. The van der Waals surface area contributed by atoms with Crippen molar-refractivity contribution >= 4 is 17.4 Å². The summed E-state index contributed by atoms with van der Waals surface area (Å²) in [5.74, 6) is 0.0931. The van der Waals surface area contributed by atoms with Crippen LogP contribution in [0.15, 0.2) is 6.20 Å². The first-order chi connectivity index (χ1) is 5.11. The first-order valence-corrected chi connectivity index (χ1v) is 3.65. The minimum atomic E-state index is 0.0931. The molecule has 0 spiro atoms. The molecule has 11 heavy (non-hydrogen) atoms. The van der Waals surface area contributed by atoms with Crippen molar-refractivity contribution in [2.45, 2.75) is 13.3 Å². The molecular weight excluding hydrogens is 164 g/mol. The van der Waals surface area contributed by atoms with Gasteiger partial charge in [0, 0.05) is 13.5 Å². The second-order valence-corrected chi connectivity index (χ2v) is 2.85. The maximum atomic E-state index is 10.7. The van der Waals surface area contributed by atoms with Crippen molar-refractivity contribution in [2.75, 3.05) is 0 Å². The zero-order valence-corrected chi connectivity index (χ0v) is 7.22. The van der Waals surface area contributed by atoms with E-state index >= 15 is 0 Å². The Hall–Kier alpha value is -0.830. The molecule has 0 amide bonds. The Morgan fingerprint density at radius 3 is 2.82 bits per heavy atom. The minimum Gasteiger partial charge on any atom is -0.300 e. The van der Waals surface area contributed by atoms with Gasteiger partial charge in [-0.25, -0.2) is 0 Å². The highest BCUT2D eigenvalue weighted by Gasteiger charge is 2.07. The number of Topliss-reactive ketones (excluding diaryl/α,β-unsaturated/α-hetero) is 1. The summed E-state index contributed by atoms with van der Waals surface area (Å²) in [7, 11) is 1.77. The number of nitrogens with zero attached hydrogens (tertiary/aromatic N) is 2. The van der Waals surface area contributed by atoms with E-state index in [1.807, 2.05) is 0 Å². The second-order valence-electron chi connectivity index (χ2n) is 2.44. The van der Waals surface area contributed by atoms with Crippen LogP contribution < -0.4 is 0 Å². The van der Waals surface area contributed by atoms with Crippen LogP contribution in [0.25, 0.3) is 0 Å². The van der Waals surface area contributed by atoms with Gasteiger partial charge in [-0.2, -0.15) is 5.10 Å². The predicted molar refractivity (Wildman–Crippen MR) is 42.6 cm³/mol. The Kier molecular flexibility index (Phi) is 2.29. The lowest BCUT2D eigenvalue weighted by Crippen LogP contribution is -2.04. The number of aromatic nitrogens is 2. The van der Waals surface area contributed by atoms with Crippen LogP contribution in [0.2, 0.25) is 5.02 Å². The first kappa shape index (κ1) is 8.27. The number of carbonyl (C=O) groups is 1. The van der Waals surface area contributed by atoms with Gasteiger partial charge in [0.15, 0.2) is 0 Å². The van der Waals surface area contributed by atoms with Crippen LogP contribution in [0.3, 0.4) is 0 Å². The minimum absolute atomic E-state index is 0.0931. The van der Waals surface area contributed by atoms with Crippen LogP contribution in [0.4, 0.5) is 0 Å². The third-order valence-corrected chi connectivity index (χ3v) is 1.74. The summed E-state index contributed by atoms with van der Waals surface area (Å²) in [5, 5.41) is 4.46. The monoisotopic (exact) mass is 172 g/mol. The van der Waals surface area contributed by atoms with Crippen molar-refractivity contribution in [1.29, 1.82) is 0 Å². The molecule has 0 radical (unpaired) electrons. The van der Waals surface area contributed by atoms with Gasteiger partial charge in [-0.05, 0) is 6.92 Å². The number of rotatable bonds is 2. The topological polar surface area (TPSA) is 34.9 Å². The Labute approximate surface area is 70.0 Å². The van der Waals surface area contributed by atoms with Crippen molar-refractivity contribution < 1.29 is 4.79 Å². The molecule has 1 aromatic rings. The molecule has 0 N–H and O–H groups in total. The number of hydrogen-bond acceptors (Lipinski definition) is 2. The van der Waals surface area contributed by atoms with Gasteiger partial charge in [0.2, 0.25) is 0 Å². The maximum absolute atomic E-state index is 10.7. The molecule has 3 nitrogen and oxygen atoms in total. The van der Waals surface area contributed by atoms with Crippen molar-refractivity contribution in [3.8, 4) is 0 Å². The summed E-state index contributed by atoms with van der Waals surface area (Å²) < 4.78 is 1.61. The molecule has 0 aliphatic rings. The molecule has 0 saturated carbocycles. The summed E-state index contributed by atoms with van der Waals surface area (Å²) in [6.07, 6.45) is 1.90. The number of carbonyl (C=O) groups excluding carboxylic acids is 1. The molecule has 0 fully saturated rings. The van der Waals surface area contributed by atoms with Gasteiger partial charge in [0.05, 0.1) is 16.9 Å². The average Bonchev–Trinajstić information content (AvgIpc) is 2.18. The lowest BCUT2D eigenvalue weighted by atomic mass is 10.2. The van der Waals surface area contributed by atoms with E-state index in [0.717, 1.165) is 5.69 Å². The van der Waals surface area contributed by atoms with E-state index in [4.69, 9.17) is 11.6 Å². The van der Waals surface area contributed by atoms with Crippen molar-refractivity contribution in [1.82, 2.24) is 9.78 Å². The van der Waals surface area contributed by atoms with Gasteiger partial charge < -0.3 is 0 Å². The van der Waals surface area contributed by atoms with Gasteiger partial charge in [-0.3, -0.25) is 9.48 Å². The van der Waals surface area contributed by atoms with Gasteiger partial charge in [-0.1, -0.05) is 11.6 Å². The molecule has 0 saturated heterocycles. The standard InChI is InChI=1S/C7H9ClN2O/c1-5(11)3-7-6(8)4-9-10(7)2/h4H,3H2,1-2H3. The average molecular weight is 173 g/mol. The Bertz CT molecular complexity index is 260. The smallest absolute Gasteiger partial charge is 0.135 e. The fourth-order valence-electron chi connectivity index (χ4n) is 0.871. The summed E-state index contributed by atoms with van der Waals surface area (Å²) >= 11 is 5.75. The van der Waals surface area contributed by atoms with Crippen molar-refractivity contribution in [3.05, 3.63) is 16.9 Å². The zero-order chi connectivity index (χ0) is 8.43. The van der Waals surface area contributed by atoms with Crippen LogP contribution in [-0.4, -0.2) is 15.6 Å². The Morgan fingerprint density at radius 1 is 1.82 bits per heavy atom. The third kappa shape index (κ3) is 1.80. The van der Waals surface area contributed by atoms with E-state index in [1.54, 1.807) is 17.9 Å². The van der Waals surface area contributed by atoms with Gasteiger partial charge in [0.1, 0.15) is 5.78 Å². The number of ketones is 1. The van der Waals surface area contributed by atoms with E-state index in [0.29, 0.717) is 11.4 Å². The summed E-state index contributed by atoms with van der Waals surface area (Å²) in [5.41, 5.74) is 0.777. The lowest BCUT2D eigenvalue weighted by molar-refractivity contribution is -0.116. The zero-order valence-electron chi connectivity index (χ0n) is 6.47. The fourth-order valence-corrected chi connectivity index (χ4v) is 1.10.